The lowest BCUT2D eigenvalue weighted by Crippen LogP contribution is -2.46. The molecule has 1 aliphatic heterocycles. The van der Waals surface area contributed by atoms with Gasteiger partial charge in [-0.2, -0.15) is 0 Å². The van der Waals surface area contributed by atoms with Gasteiger partial charge in [-0.3, -0.25) is 29.2 Å². The number of carboxylic acids is 3. The van der Waals surface area contributed by atoms with E-state index in [4.69, 9.17) is 9.90 Å². The third-order valence-electron chi connectivity index (χ3n) is 5.29. The predicted molar refractivity (Wildman–Crippen MR) is 136 cm³/mol. The summed E-state index contributed by atoms with van der Waals surface area (Å²) in [5, 5.41) is 47.0. The lowest BCUT2D eigenvalue weighted by atomic mass is 10.1. The highest BCUT2D eigenvalue weighted by atomic mass is 16.4. The standard InChI is InChI=1S/C23H31N5O8.CH2O2/c1-16-4-2-5-17(24-16)12-26(14-20(29)30)8-10-28(23(35)36)11-9-27(15-21(31)32)13-18-6-3-7-19(25-18)22(33)34;2-1-3/h2-7,19,25H,8-15H2,1H3,(H,29,30)(H,31,32)(H,33,34)(H,35,36);1H,(H,2,3). The van der Waals surface area contributed by atoms with E-state index in [0.29, 0.717) is 11.4 Å². The third kappa shape index (κ3) is 13.6. The maximum Gasteiger partial charge on any atom is 0.407 e. The van der Waals surface area contributed by atoms with Crippen molar-refractivity contribution in [2.24, 2.45) is 0 Å². The summed E-state index contributed by atoms with van der Waals surface area (Å²) in [5.41, 5.74) is 1.93. The number of aliphatic carboxylic acids is 3. The third-order valence-corrected chi connectivity index (χ3v) is 5.29. The summed E-state index contributed by atoms with van der Waals surface area (Å²) in [5.74, 6) is -3.25. The smallest absolute Gasteiger partial charge is 0.407 e. The van der Waals surface area contributed by atoms with Gasteiger partial charge in [0.05, 0.1) is 18.8 Å². The van der Waals surface area contributed by atoms with Crippen molar-refractivity contribution in [3.63, 3.8) is 0 Å². The topological polar surface area (TPSA) is 221 Å². The summed E-state index contributed by atoms with van der Waals surface area (Å²) in [7, 11) is 0. The van der Waals surface area contributed by atoms with Gasteiger partial charge in [0.2, 0.25) is 0 Å². The Labute approximate surface area is 224 Å². The summed E-state index contributed by atoms with van der Waals surface area (Å²) in [6.07, 6.45) is 3.42. The molecule has 0 bridgehead atoms. The minimum atomic E-state index is -1.22. The molecule has 214 valence electrons. The number of carbonyl (C=O) groups is 5. The van der Waals surface area contributed by atoms with Gasteiger partial charge in [0.1, 0.15) is 6.04 Å². The van der Waals surface area contributed by atoms with E-state index in [1.165, 1.54) is 11.0 Å². The molecule has 0 radical (unpaired) electrons. The van der Waals surface area contributed by atoms with Gasteiger partial charge in [0.25, 0.3) is 6.47 Å². The lowest BCUT2D eigenvalue weighted by molar-refractivity contribution is -0.139. The maximum atomic E-state index is 11.8. The second kappa shape index (κ2) is 17.1. The van der Waals surface area contributed by atoms with Crippen LogP contribution < -0.4 is 5.32 Å². The van der Waals surface area contributed by atoms with Crippen molar-refractivity contribution in [3.8, 4) is 0 Å². The minimum absolute atomic E-state index is 0.000112. The fourth-order valence-electron chi connectivity index (χ4n) is 3.62. The number of dihydropyridines is 1. The molecule has 15 nitrogen and oxygen atoms in total. The van der Waals surface area contributed by atoms with Crippen molar-refractivity contribution in [3.05, 3.63) is 53.5 Å². The number of pyridine rings is 1. The van der Waals surface area contributed by atoms with E-state index >= 15 is 0 Å². The molecule has 15 heteroatoms. The molecule has 1 unspecified atom stereocenters. The number of hydrogen-bond acceptors (Lipinski definition) is 9. The number of amides is 1. The summed E-state index contributed by atoms with van der Waals surface area (Å²) in [4.78, 5) is 62.6. The molecule has 1 aromatic rings. The number of hydrogen-bond donors (Lipinski definition) is 6. The van der Waals surface area contributed by atoms with Crippen LogP contribution in [0.2, 0.25) is 0 Å². The SMILES string of the molecule is Cc1cccc(CN(CCN(CCN(CC(=O)O)CC2=CC=CC(C(=O)O)N2)C(=O)O)CC(=O)O)n1.O=CO. The second-order valence-corrected chi connectivity index (χ2v) is 8.39. The number of allylic oxidation sites excluding steroid dienone is 2. The molecule has 0 fully saturated rings. The van der Waals surface area contributed by atoms with Gasteiger partial charge in [0, 0.05) is 50.7 Å². The van der Waals surface area contributed by atoms with E-state index in [1.807, 2.05) is 19.1 Å². The Morgan fingerprint density at radius 1 is 0.949 bits per heavy atom. The van der Waals surface area contributed by atoms with Crippen LogP contribution >= 0.6 is 0 Å². The second-order valence-electron chi connectivity index (χ2n) is 8.39. The first-order chi connectivity index (χ1) is 18.4. The molecule has 2 rings (SSSR count). The van der Waals surface area contributed by atoms with E-state index in [-0.39, 0.29) is 58.8 Å². The Morgan fingerprint density at radius 2 is 1.51 bits per heavy atom. The normalized spacial score (nSPS) is 14.0. The minimum Gasteiger partial charge on any atom is -0.483 e. The monoisotopic (exact) mass is 551 g/mol. The Balaban J connectivity index is 0.00000242. The fourth-order valence-corrected chi connectivity index (χ4v) is 3.62. The number of carboxylic acid groups (broad SMARTS) is 5. The van der Waals surface area contributed by atoms with Crippen molar-refractivity contribution in [2.45, 2.75) is 19.5 Å². The van der Waals surface area contributed by atoms with Gasteiger partial charge in [-0.1, -0.05) is 18.2 Å². The maximum absolute atomic E-state index is 11.8. The van der Waals surface area contributed by atoms with E-state index in [2.05, 4.69) is 10.3 Å². The number of aromatic nitrogens is 1. The van der Waals surface area contributed by atoms with Crippen molar-refractivity contribution < 1.29 is 49.5 Å². The van der Waals surface area contributed by atoms with E-state index in [1.54, 1.807) is 23.1 Å². The summed E-state index contributed by atoms with van der Waals surface area (Å²) >= 11 is 0. The van der Waals surface area contributed by atoms with Crippen LogP contribution in [0.15, 0.2) is 42.1 Å². The van der Waals surface area contributed by atoms with Gasteiger partial charge < -0.3 is 35.7 Å². The fraction of sp³-hybridized carbons (Fsp3) is 0.417. The molecule has 0 saturated carbocycles. The zero-order valence-corrected chi connectivity index (χ0v) is 21.3. The first kappa shape index (κ1) is 32.5. The van der Waals surface area contributed by atoms with Crippen LogP contribution in [-0.2, 0) is 25.7 Å². The largest absolute Gasteiger partial charge is 0.483 e. The summed E-state index contributed by atoms with van der Waals surface area (Å²) in [6.45, 7) is 1.37. The van der Waals surface area contributed by atoms with E-state index < -0.39 is 30.0 Å². The lowest BCUT2D eigenvalue weighted by Gasteiger charge is -2.29. The molecular formula is C24H33N5O10. The number of aryl methyl sites for hydroxylation is 1. The van der Waals surface area contributed by atoms with Gasteiger partial charge >= 0.3 is 24.0 Å². The molecule has 1 amide bonds. The van der Waals surface area contributed by atoms with Crippen molar-refractivity contribution >= 4 is 30.5 Å². The Bertz CT molecular complexity index is 1060. The number of nitrogens with zero attached hydrogens (tertiary/aromatic N) is 4. The van der Waals surface area contributed by atoms with Crippen molar-refractivity contribution in [2.75, 3.05) is 45.8 Å². The number of nitrogens with one attached hydrogen (secondary N) is 1. The average molecular weight is 552 g/mol. The molecule has 0 aromatic carbocycles. The molecule has 0 aliphatic carbocycles. The van der Waals surface area contributed by atoms with Crippen LogP contribution in [0.5, 0.6) is 0 Å². The van der Waals surface area contributed by atoms with Crippen molar-refractivity contribution in [1.29, 1.82) is 0 Å². The molecule has 39 heavy (non-hydrogen) atoms. The predicted octanol–water partition coefficient (Wildman–Crippen LogP) is -0.159. The molecule has 6 N–H and O–H groups in total. The van der Waals surface area contributed by atoms with Gasteiger partial charge in [-0.25, -0.2) is 9.59 Å². The van der Waals surface area contributed by atoms with Gasteiger partial charge in [0.15, 0.2) is 0 Å². The molecule has 2 heterocycles. The first-order valence-corrected chi connectivity index (χ1v) is 11.7. The zero-order valence-electron chi connectivity index (χ0n) is 21.3. The number of rotatable bonds is 15. The molecule has 1 atom stereocenters. The Kier molecular flexibility index (Phi) is 14.3. The molecule has 0 saturated heterocycles. The highest BCUT2D eigenvalue weighted by Gasteiger charge is 2.22. The van der Waals surface area contributed by atoms with Gasteiger partial charge in [-0.05, 0) is 25.1 Å². The summed E-state index contributed by atoms with van der Waals surface area (Å²) in [6, 6.07) is 4.45. The van der Waals surface area contributed by atoms with Crippen LogP contribution in [0.4, 0.5) is 4.79 Å². The molecular weight excluding hydrogens is 518 g/mol. The molecule has 1 aliphatic rings. The van der Waals surface area contributed by atoms with Crippen LogP contribution in [0.3, 0.4) is 0 Å². The summed E-state index contributed by atoms with van der Waals surface area (Å²) < 4.78 is 0. The van der Waals surface area contributed by atoms with Gasteiger partial charge in [-0.15, -0.1) is 0 Å². The highest BCUT2D eigenvalue weighted by Crippen LogP contribution is 2.07. The van der Waals surface area contributed by atoms with E-state index in [0.717, 1.165) is 10.6 Å². The first-order valence-electron chi connectivity index (χ1n) is 11.7. The Hall–Kier alpha value is -4.50. The van der Waals surface area contributed by atoms with Crippen LogP contribution in [0.25, 0.3) is 0 Å². The van der Waals surface area contributed by atoms with Crippen molar-refractivity contribution in [1.82, 2.24) is 25.0 Å². The Morgan fingerprint density at radius 3 is 2.00 bits per heavy atom. The van der Waals surface area contributed by atoms with Crippen LogP contribution in [0, 0.1) is 6.92 Å². The highest BCUT2D eigenvalue weighted by molar-refractivity contribution is 5.76. The van der Waals surface area contributed by atoms with Crippen LogP contribution in [-0.4, -0.2) is 128 Å². The average Bonchev–Trinajstić information content (AvgIpc) is 2.83. The van der Waals surface area contributed by atoms with Crippen LogP contribution in [0.1, 0.15) is 11.4 Å². The quantitative estimate of drug-likeness (QED) is 0.156. The molecule has 0 spiro atoms. The van der Waals surface area contributed by atoms with E-state index in [9.17, 15) is 39.6 Å². The zero-order chi connectivity index (χ0) is 29.4. The molecule has 1 aromatic heterocycles.